The van der Waals surface area contributed by atoms with Gasteiger partial charge in [-0.25, -0.2) is 4.68 Å². The molecular formula is C26H30N4O2S. The van der Waals surface area contributed by atoms with Crippen LogP contribution in [0.1, 0.15) is 45.7 Å². The Morgan fingerprint density at radius 1 is 1.00 bits per heavy atom. The van der Waals surface area contributed by atoms with Gasteiger partial charge in [0.1, 0.15) is 0 Å². The molecule has 0 aliphatic heterocycles. The molecule has 6 nitrogen and oxygen atoms in total. The first-order chi connectivity index (χ1) is 15.9. The van der Waals surface area contributed by atoms with Gasteiger partial charge in [-0.1, -0.05) is 37.6 Å². The van der Waals surface area contributed by atoms with Gasteiger partial charge in [-0.15, -0.1) is 11.3 Å². The van der Waals surface area contributed by atoms with Crippen LogP contribution in [-0.4, -0.2) is 19.8 Å². The third-order valence-corrected chi connectivity index (χ3v) is 7.27. The molecule has 4 rings (SSSR count). The number of amides is 1. The van der Waals surface area contributed by atoms with E-state index in [1.807, 2.05) is 55.9 Å². The molecule has 0 aliphatic carbocycles. The normalized spacial score (nSPS) is 11.3. The first kappa shape index (κ1) is 22.9. The van der Waals surface area contributed by atoms with Crippen molar-refractivity contribution in [2.45, 2.75) is 46.6 Å². The molecule has 172 valence electrons. The molecule has 0 aliphatic rings. The van der Waals surface area contributed by atoms with E-state index in [0.29, 0.717) is 16.7 Å². The maximum atomic E-state index is 13.8. The highest BCUT2D eigenvalue weighted by Gasteiger charge is 2.29. The Bertz CT molecular complexity index is 1340. The number of hydrogen-bond donors (Lipinski definition) is 1. The number of primary amides is 1. The van der Waals surface area contributed by atoms with Crippen LogP contribution in [0, 0.1) is 13.8 Å². The molecule has 0 bridgehead atoms. The number of nitrogens with two attached hydrogens (primary N) is 1. The number of benzene rings is 1. The van der Waals surface area contributed by atoms with Crippen molar-refractivity contribution in [1.29, 1.82) is 0 Å². The highest BCUT2D eigenvalue weighted by atomic mass is 32.1. The number of aromatic nitrogens is 3. The highest BCUT2D eigenvalue weighted by Crippen LogP contribution is 2.34. The minimum Gasteiger partial charge on any atom is -0.366 e. The van der Waals surface area contributed by atoms with Crippen LogP contribution in [0.25, 0.3) is 16.8 Å². The zero-order valence-electron chi connectivity index (χ0n) is 19.6. The molecule has 2 N–H and O–H groups in total. The van der Waals surface area contributed by atoms with Gasteiger partial charge in [-0.05, 0) is 50.3 Å². The second-order valence-electron chi connectivity index (χ2n) is 8.31. The number of nitrogens with zero attached hydrogens (tertiary/aromatic N) is 3. The van der Waals surface area contributed by atoms with Crippen molar-refractivity contribution in [3.63, 3.8) is 0 Å². The van der Waals surface area contributed by atoms with E-state index in [9.17, 15) is 9.59 Å². The highest BCUT2D eigenvalue weighted by molar-refractivity contribution is 7.09. The molecule has 3 heterocycles. The summed E-state index contributed by atoms with van der Waals surface area (Å²) in [5.41, 5.74) is 10.9. The van der Waals surface area contributed by atoms with Gasteiger partial charge in [-0.3, -0.25) is 14.3 Å². The lowest BCUT2D eigenvalue weighted by Crippen LogP contribution is -2.21. The zero-order chi connectivity index (χ0) is 23.7. The summed E-state index contributed by atoms with van der Waals surface area (Å²) >= 11 is 1.73. The smallest absolute Gasteiger partial charge is 0.279 e. The molecule has 0 unspecified atom stereocenters. The van der Waals surface area contributed by atoms with Crippen LogP contribution >= 0.6 is 11.3 Å². The van der Waals surface area contributed by atoms with E-state index >= 15 is 0 Å². The van der Waals surface area contributed by atoms with Crippen LogP contribution < -0.4 is 11.3 Å². The summed E-state index contributed by atoms with van der Waals surface area (Å²) in [6.45, 7) is 6.71. The summed E-state index contributed by atoms with van der Waals surface area (Å²) in [5, 5.41) is 2.07. The van der Waals surface area contributed by atoms with E-state index in [2.05, 4.69) is 29.0 Å². The summed E-state index contributed by atoms with van der Waals surface area (Å²) in [6.07, 6.45) is 2.52. The fraction of sp³-hybridized carbons (Fsp3) is 0.308. The van der Waals surface area contributed by atoms with E-state index in [1.165, 1.54) is 4.88 Å². The number of carbonyl (C=O) groups excluding carboxylic acids is 1. The van der Waals surface area contributed by atoms with Crippen molar-refractivity contribution in [2.24, 2.45) is 12.8 Å². The molecule has 4 aromatic rings. The second-order valence-corrected chi connectivity index (χ2v) is 9.35. The van der Waals surface area contributed by atoms with E-state index in [4.69, 9.17) is 5.73 Å². The van der Waals surface area contributed by atoms with E-state index < -0.39 is 5.91 Å². The summed E-state index contributed by atoms with van der Waals surface area (Å²) < 4.78 is 5.70. The minimum atomic E-state index is -0.497. The standard InChI is InChI=1S/C26H30N4O2S/c1-5-10-21-24(22(25(27)31)18(3)29(21)15-14-20-13-9-16-33-20)23-17(2)28(4)30(26(23)32)19-11-7-6-8-12-19/h6-9,11-13,16H,5,10,14-15H2,1-4H3,(H2,27,31). The van der Waals surface area contributed by atoms with Crippen molar-refractivity contribution in [3.8, 4) is 16.8 Å². The largest absolute Gasteiger partial charge is 0.366 e. The van der Waals surface area contributed by atoms with Gasteiger partial charge in [0.05, 0.1) is 16.8 Å². The molecule has 0 radical (unpaired) electrons. The first-order valence-electron chi connectivity index (χ1n) is 11.2. The lowest BCUT2D eigenvalue weighted by Gasteiger charge is -2.12. The molecule has 1 amide bonds. The number of aryl methyl sites for hydroxylation is 1. The average Bonchev–Trinajstić information content (AvgIpc) is 3.45. The molecule has 3 aromatic heterocycles. The van der Waals surface area contributed by atoms with Crippen LogP contribution in [-0.2, 0) is 26.4 Å². The predicted molar refractivity (Wildman–Crippen MR) is 134 cm³/mol. The Morgan fingerprint density at radius 3 is 2.33 bits per heavy atom. The molecule has 33 heavy (non-hydrogen) atoms. The Balaban J connectivity index is 1.97. The van der Waals surface area contributed by atoms with E-state index in [1.54, 1.807) is 16.0 Å². The predicted octanol–water partition coefficient (Wildman–Crippen LogP) is 4.62. The van der Waals surface area contributed by atoms with Gasteiger partial charge in [0, 0.05) is 41.1 Å². The van der Waals surface area contributed by atoms with Crippen LogP contribution in [0.15, 0.2) is 52.6 Å². The van der Waals surface area contributed by atoms with Gasteiger partial charge in [0.2, 0.25) is 0 Å². The third-order valence-electron chi connectivity index (χ3n) is 6.33. The van der Waals surface area contributed by atoms with Crippen LogP contribution in [0.4, 0.5) is 0 Å². The Kier molecular flexibility index (Phi) is 6.42. The van der Waals surface area contributed by atoms with Crippen molar-refractivity contribution >= 4 is 17.2 Å². The fourth-order valence-electron chi connectivity index (χ4n) is 4.70. The number of rotatable bonds is 8. The SMILES string of the molecule is CCCc1c(-c2c(C)n(C)n(-c3ccccc3)c2=O)c(C(N)=O)c(C)n1CCc1cccs1. The molecule has 0 atom stereocenters. The van der Waals surface area contributed by atoms with Crippen molar-refractivity contribution in [1.82, 2.24) is 13.9 Å². The van der Waals surface area contributed by atoms with Crippen molar-refractivity contribution < 1.29 is 4.79 Å². The maximum absolute atomic E-state index is 13.8. The number of carbonyl (C=O) groups is 1. The van der Waals surface area contributed by atoms with Crippen LogP contribution in [0.3, 0.4) is 0 Å². The number of hydrogen-bond acceptors (Lipinski definition) is 3. The lowest BCUT2D eigenvalue weighted by atomic mass is 9.98. The Hall–Kier alpha value is -3.32. The summed E-state index contributed by atoms with van der Waals surface area (Å²) in [7, 11) is 1.87. The lowest BCUT2D eigenvalue weighted by molar-refractivity contribution is 0.1000. The molecule has 1 aromatic carbocycles. The van der Waals surface area contributed by atoms with Crippen molar-refractivity contribution in [3.05, 3.63) is 85.7 Å². The van der Waals surface area contributed by atoms with E-state index in [-0.39, 0.29) is 5.56 Å². The minimum absolute atomic E-state index is 0.142. The van der Waals surface area contributed by atoms with E-state index in [0.717, 1.165) is 48.6 Å². The zero-order valence-corrected chi connectivity index (χ0v) is 20.4. The van der Waals surface area contributed by atoms with Gasteiger partial charge in [0.25, 0.3) is 11.5 Å². The monoisotopic (exact) mass is 462 g/mol. The average molecular weight is 463 g/mol. The number of para-hydroxylation sites is 1. The van der Waals surface area contributed by atoms with Gasteiger partial charge in [0.15, 0.2) is 0 Å². The van der Waals surface area contributed by atoms with Crippen LogP contribution in [0.5, 0.6) is 0 Å². The number of thiophene rings is 1. The first-order valence-corrected chi connectivity index (χ1v) is 12.1. The molecular weight excluding hydrogens is 432 g/mol. The third kappa shape index (κ3) is 3.97. The maximum Gasteiger partial charge on any atom is 0.279 e. The second kappa shape index (κ2) is 9.27. The molecule has 7 heteroatoms. The summed E-state index contributed by atoms with van der Waals surface area (Å²) in [6, 6.07) is 13.7. The molecule has 0 saturated carbocycles. The van der Waals surface area contributed by atoms with Crippen molar-refractivity contribution in [2.75, 3.05) is 0 Å². The molecule has 0 saturated heterocycles. The Labute approximate surface area is 197 Å². The molecule has 0 spiro atoms. The Morgan fingerprint density at radius 2 is 1.73 bits per heavy atom. The van der Waals surface area contributed by atoms with Crippen LogP contribution in [0.2, 0.25) is 0 Å². The van der Waals surface area contributed by atoms with Gasteiger partial charge < -0.3 is 10.3 Å². The topological polar surface area (TPSA) is 75.0 Å². The summed E-state index contributed by atoms with van der Waals surface area (Å²) in [4.78, 5) is 27.8. The quantitative estimate of drug-likeness (QED) is 0.415. The fourth-order valence-corrected chi connectivity index (χ4v) is 5.40. The van der Waals surface area contributed by atoms with Gasteiger partial charge in [-0.2, -0.15) is 0 Å². The summed E-state index contributed by atoms with van der Waals surface area (Å²) in [5.74, 6) is -0.497. The van der Waals surface area contributed by atoms with Gasteiger partial charge >= 0.3 is 0 Å². The molecule has 0 fully saturated rings.